The molecule has 0 radical (unpaired) electrons. The SMILES string of the molecule is O=C(NCCS(=O)(=O)N1CCN(CCc2ccccc2)CC1)c1c(F)cccc1Cl. The van der Waals surface area contributed by atoms with Gasteiger partial charge in [0.25, 0.3) is 5.91 Å². The van der Waals surface area contributed by atoms with Crippen molar-refractivity contribution < 1.29 is 17.6 Å². The number of piperazine rings is 1. The minimum atomic E-state index is -3.51. The van der Waals surface area contributed by atoms with E-state index in [1.165, 1.54) is 22.0 Å². The second-order valence-electron chi connectivity index (χ2n) is 7.14. The van der Waals surface area contributed by atoms with E-state index in [-0.39, 0.29) is 22.9 Å². The number of nitrogens with zero attached hydrogens (tertiary/aromatic N) is 2. The van der Waals surface area contributed by atoms with Crippen LogP contribution < -0.4 is 5.32 Å². The van der Waals surface area contributed by atoms with E-state index >= 15 is 0 Å². The molecule has 3 rings (SSSR count). The molecule has 0 saturated carbocycles. The molecule has 0 unspecified atom stereocenters. The summed E-state index contributed by atoms with van der Waals surface area (Å²) in [5.74, 6) is -1.71. The normalized spacial score (nSPS) is 15.8. The minimum Gasteiger partial charge on any atom is -0.351 e. The van der Waals surface area contributed by atoms with Gasteiger partial charge in [0.1, 0.15) is 5.82 Å². The van der Waals surface area contributed by atoms with Crippen LogP contribution in [0.15, 0.2) is 48.5 Å². The first-order valence-corrected chi connectivity index (χ1v) is 11.8. The van der Waals surface area contributed by atoms with Gasteiger partial charge in [-0.2, -0.15) is 4.31 Å². The largest absolute Gasteiger partial charge is 0.351 e. The monoisotopic (exact) mass is 453 g/mol. The van der Waals surface area contributed by atoms with Gasteiger partial charge in [-0.05, 0) is 24.1 Å². The lowest BCUT2D eigenvalue weighted by Gasteiger charge is -2.34. The maximum Gasteiger partial charge on any atom is 0.255 e. The summed E-state index contributed by atoms with van der Waals surface area (Å²) in [6, 6.07) is 14.1. The predicted octanol–water partition coefficient (Wildman–Crippen LogP) is 2.40. The molecule has 0 aromatic heterocycles. The van der Waals surface area contributed by atoms with Gasteiger partial charge in [-0.3, -0.25) is 4.79 Å². The Hall–Kier alpha value is -2.00. The van der Waals surface area contributed by atoms with Crippen LogP contribution >= 0.6 is 11.6 Å². The third kappa shape index (κ3) is 6.01. The predicted molar refractivity (Wildman–Crippen MR) is 116 cm³/mol. The van der Waals surface area contributed by atoms with Crippen LogP contribution in [0.3, 0.4) is 0 Å². The van der Waals surface area contributed by atoms with Crippen molar-refractivity contribution in [2.75, 3.05) is 45.0 Å². The molecule has 1 aliphatic rings. The molecule has 0 atom stereocenters. The molecule has 162 valence electrons. The van der Waals surface area contributed by atoms with Crippen molar-refractivity contribution in [3.8, 4) is 0 Å². The number of hydrogen-bond donors (Lipinski definition) is 1. The fourth-order valence-corrected chi connectivity index (χ4v) is 4.98. The standard InChI is InChI=1S/C21H25ClFN3O3S/c22-18-7-4-8-19(23)20(18)21(27)24-10-16-30(28,29)26-14-12-25(13-15-26)11-9-17-5-2-1-3-6-17/h1-8H,9-16H2,(H,24,27). The molecule has 2 aromatic rings. The highest BCUT2D eigenvalue weighted by atomic mass is 35.5. The van der Waals surface area contributed by atoms with Crippen molar-refractivity contribution in [3.63, 3.8) is 0 Å². The van der Waals surface area contributed by atoms with E-state index < -0.39 is 21.7 Å². The summed E-state index contributed by atoms with van der Waals surface area (Å²) in [6.07, 6.45) is 0.929. The molecule has 1 N–H and O–H groups in total. The Balaban J connectivity index is 1.43. The Kier molecular flexibility index (Phi) is 7.82. The van der Waals surface area contributed by atoms with Gasteiger partial charge < -0.3 is 10.2 Å². The molecule has 2 aromatic carbocycles. The van der Waals surface area contributed by atoms with E-state index in [1.807, 2.05) is 18.2 Å². The van der Waals surface area contributed by atoms with Gasteiger partial charge in [0.2, 0.25) is 10.0 Å². The number of halogens is 2. The first kappa shape index (κ1) is 22.7. The van der Waals surface area contributed by atoms with Crippen LogP contribution in [0.5, 0.6) is 0 Å². The van der Waals surface area contributed by atoms with Crippen LogP contribution in [0.25, 0.3) is 0 Å². The summed E-state index contributed by atoms with van der Waals surface area (Å²) in [6.45, 7) is 2.96. The molecule has 1 heterocycles. The molecular formula is C21H25ClFN3O3S. The number of rotatable bonds is 8. The van der Waals surface area contributed by atoms with Gasteiger partial charge >= 0.3 is 0 Å². The number of amides is 1. The Morgan fingerprint density at radius 3 is 2.40 bits per heavy atom. The molecule has 6 nitrogen and oxygen atoms in total. The summed E-state index contributed by atoms with van der Waals surface area (Å²) in [4.78, 5) is 14.4. The lowest BCUT2D eigenvalue weighted by Crippen LogP contribution is -2.50. The first-order chi connectivity index (χ1) is 14.4. The van der Waals surface area contributed by atoms with E-state index in [4.69, 9.17) is 11.6 Å². The minimum absolute atomic E-state index is 0.0121. The van der Waals surface area contributed by atoms with Gasteiger partial charge in [0.15, 0.2) is 0 Å². The quantitative estimate of drug-likeness (QED) is 0.666. The van der Waals surface area contributed by atoms with Crippen LogP contribution in [0.4, 0.5) is 4.39 Å². The summed E-state index contributed by atoms with van der Waals surface area (Å²) in [5, 5.41) is 2.43. The first-order valence-electron chi connectivity index (χ1n) is 9.83. The highest BCUT2D eigenvalue weighted by molar-refractivity contribution is 7.89. The lowest BCUT2D eigenvalue weighted by atomic mass is 10.1. The van der Waals surface area contributed by atoms with E-state index in [9.17, 15) is 17.6 Å². The van der Waals surface area contributed by atoms with Crippen molar-refractivity contribution >= 4 is 27.5 Å². The molecule has 0 bridgehead atoms. The van der Waals surface area contributed by atoms with Gasteiger partial charge in [0, 0.05) is 39.3 Å². The van der Waals surface area contributed by atoms with Crippen LogP contribution in [0.2, 0.25) is 5.02 Å². The molecule has 9 heteroatoms. The molecule has 1 aliphatic heterocycles. The van der Waals surface area contributed by atoms with E-state index in [2.05, 4.69) is 22.3 Å². The third-order valence-electron chi connectivity index (χ3n) is 5.12. The van der Waals surface area contributed by atoms with E-state index in [1.54, 1.807) is 0 Å². The summed E-state index contributed by atoms with van der Waals surface area (Å²) in [7, 11) is -3.51. The Morgan fingerprint density at radius 2 is 1.73 bits per heavy atom. The second kappa shape index (κ2) is 10.3. The fraction of sp³-hybridized carbons (Fsp3) is 0.381. The number of nitrogens with one attached hydrogen (secondary N) is 1. The zero-order valence-electron chi connectivity index (χ0n) is 16.6. The molecule has 1 fully saturated rings. The van der Waals surface area contributed by atoms with Crippen LogP contribution in [-0.2, 0) is 16.4 Å². The maximum absolute atomic E-state index is 13.8. The van der Waals surface area contributed by atoms with Gasteiger partial charge in [-0.25, -0.2) is 12.8 Å². The van der Waals surface area contributed by atoms with Gasteiger partial charge in [-0.1, -0.05) is 48.0 Å². The van der Waals surface area contributed by atoms with Crippen LogP contribution in [0.1, 0.15) is 15.9 Å². The number of sulfonamides is 1. The van der Waals surface area contributed by atoms with Crippen LogP contribution in [-0.4, -0.2) is 68.6 Å². The Morgan fingerprint density at radius 1 is 1.03 bits per heavy atom. The average molecular weight is 454 g/mol. The van der Waals surface area contributed by atoms with Crippen molar-refractivity contribution in [2.45, 2.75) is 6.42 Å². The van der Waals surface area contributed by atoms with Crippen molar-refractivity contribution in [1.82, 2.24) is 14.5 Å². The van der Waals surface area contributed by atoms with Crippen molar-refractivity contribution in [3.05, 3.63) is 70.5 Å². The van der Waals surface area contributed by atoms with Crippen LogP contribution in [0, 0.1) is 5.82 Å². The van der Waals surface area contributed by atoms with E-state index in [0.29, 0.717) is 26.2 Å². The fourth-order valence-electron chi connectivity index (χ4n) is 3.39. The molecule has 1 amide bonds. The summed E-state index contributed by atoms with van der Waals surface area (Å²) < 4.78 is 40.4. The smallest absolute Gasteiger partial charge is 0.255 e. The van der Waals surface area contributed by atoms with Crippen molar-refractivity contribution in [2.24, 2.45) is 0 Å². The zero-order chi connectivity index (χ0) is 21.6. The lowest BCUT2D eigenvalue weighted by molar-refractivity contribution is 0.0952. The topological polar surface area (TPSA) is 69.7 Å². The summed E-state index contributed by atoms with van der Waals surface area (Å²) in [5.41, 5.74) is 0.988. The van der Waals surface area contributed by atoms with Gasteiger partial charge in [0.05, 0.1) is 16.3 Å². The molecule has 1 saturated heterocycles. The molecular weight excluding hydrogens is 429 g/mol. The van der Waals surface area contributed by atoms with E-state index in [0.717, 1.165) is 19.0 Å². The number of carbonyl (C=O) groups is 1. The maximum atomic E-state index is 13.8. The third-order valence-corrected chi connectivity index (χ3v) is 7.31. The highest BCUT2D eigenvalue weighted by Gasteiger charge is 2.27. The second-order valence-corrected chi connectivity index (χ2v) is 9.64. The molecule has 0 aliphatic carbocycles. The molecule has 0 spiro atoms. The molecule has 30 heavy (non-hydrogen) atoms. The Labute approximate surface area is 181 Å². The number of carbonyl (C=O) groups excluding carboxylic acids is 1. The Bertz CT molecular complexity index is 944. The number of benzene rings is 2. The van der Waals surface area contributed by atoms with Crippen molar-refractivity contribution in [1.29, 1.82) is 0 Å². The average Bonchev–Trinajstić information content (AvgIpc) is 2.73. The summed E-state index contributed by atoms with van der Waals surface area (Å²) >= 11 is 5.86. The highest BCUT2D eigenvalue weighted by Crippen LogP contribution is 2.18. The van der Waals surface area contributed by atoms with Gasteiger partial charge in [-0.15, -0.1) is 0 Å². The zero-order valence-corrected chi connectivity index (χ0v) is 18.1. The number of hydrogen-bond acceptors (Lipinski definition) is 4.